The number of fused-ring (bicyclic) bond motifs is 2. The van der Waals surface area contributed by atoms with E-state index in [0.717, 1.165) is 51.6 Å². The monoisotopic (exact) mass is 389 g/mol. The first-order valence-corrected chi connectivity index (χ1v) is 9.84. The van der Waals surface area contributed by atoms with Crippen molar-refractivity contribution < 1.29 is 19.1 Å². The van der Waals surface area contributed by atoms with Crippen LogP contribution in [0.4, 0.5) is 0 Å². The summed E-state index contributed by atoms with van der Waals surface area (Å²) in [5.41, 5.74) is 3.76. The summed E-state index contributed by atoms with van der Waals surface area (Å²) >= 11 is 0. The van der Waals surface area contributed by atoms with Crippen molar-refractivity contribution in [1.82, 2.24) is 4.98 Å². The summed E-state index contributed by atoms with van der Waals surface area (Å²) < 4.78 is 11.7. The molecule has 3 aromatic carbocycles. The minimum absolute atomic E-state index is 0.220. The highest BCUT2D eigenvalue weighted by Crippen LogP contribution is 2.29. The van der Waals surface area contributed by atoms with E-state index in [4.69, 9.17) is 14.3 Å². The molecule has 4 rings (SSSR count). The van der Waals surface area contributed by atoms with Gasteiger partial charge in [-0.3, -0.25) is 4.79 Å². The summed E-state index contributed by atoms with van der Waals surface area (Å²) in [5, 5.41) is 10.8. The summed E-state index contributed by atoms with van der Waals surface area (Å²) in [4.78, 5) is 15.1. The summed E-state index contributed by atoms with van der Waals surface area (Å²) in [6, 6.07) is 18.1. The molecule has 0 saturated carbocycles. The van der Waals surface area contributed by atoms with Crippen molar-refractivity contribution in [2.45, 2.75) is 32.6 Å². The van der Waals surface area contributed by atoms with Crippen LogP contribution in [-0.2, 0) is 4.79 Å². The van der Waals surface area contributed by atoms with Crippen LogP contribution >= 0.6 is 0 Å². The third-order valence-electron chi connectivity index (χ3n) is 4.91. The normalized spacial score (nSPS) is 11.2. The Kier molecular flexibility index (Phi) is 5.47. The Morgan fingerprint density at radius 2 is 1.83 bits per heavy atom. The maximum atomic E-state index is 10.5. The fraction of sp³-hybridized carbons (Fsp3) is 0.250. The molecule has 148 valence electrons. The summed E-state index contributed by atoms with van der Waals surface area (Å²) in [5.74, 6) is 0.697. The Balaban J connectivity index is 1.44. The third-order valence-corrected chi connectivity index (χ3v) is 4.91. The van der Waals surface area contributed by atoms with Crippen molar-refractivity contribution in [2.75, 3.05) is 6.61 Å². The Bertz CT molecular complexity index is 1160. The van der Waals surface area contributed by atoms with Crippen molar-refractivity contribution in [3.8, 4) is 17.2 Å². The number of benzene rings is 3. The van der Waals surface area contributed by atoms with Gasteiger partial charge >= 0.3 is 5.97 Å². The lowest BCUT2D eigenvalue weighted by Gasteiger charge is -2.08. The molecule has 5 heteroatoms. The molecule has 0 aliphatic heterocycles. The molecule has 1 heterocycles. The van der Waals surface area contributed by atoms with Crippen molar-refractivity contribution in [1.29, 1.82) is 0 Å². The average molecular weight is 389 g/mol. The standard InChI is InChI=1S/C24H23NO4/c1-16-6-11-22-21(13-16)25-24(29-22)19-8-7-18-15-20(10-9-17(18)14-19)28-12-4-2-3-5-23(26)27/h6-11,13-15H,2-5,12H2,1H3,(H,26,27). The quantitative estimate of drug-likeness (QED) is 0.375. The Hall–Kier alpha value is -3.34. The van der Waals surface area contributed by atoms with E-state index in [0.29, 0.717) is 18.9 Å². The van der Waals surface area contributed by atoms with Gasteiger partial charge in [0, 0.05) is 12.0 Å². The zero-order valence-corrected chi connectivity index (χ0v) is 16.4. The van der Waals surface area contributed by atoms with Crippen LogP contribution in [0.25, 0.3) is 33.3 Å². The van der Waals surface area contributed by atoms with Crippen LogP contribution in [0, 0.1) is 6.92 Å². The number of rotatable bonds is 8. The maximum absolute atomic E-state index is 10.5. The summed E-state index contributed by atoms with van der Waals surface area (Å²) in [6.45, 7) is 2.63. The molecular weight excluding hydrogens is 366 g/mol. The zero-order valence-electron chi connectivity index (χ0n) is 16.4. The molecule has 0 atom stereocenters. The van der Waals surface area contributed by atoms with E-state index < -0.39 is 5.97 Å². The summed E-state index contributed by atoms with van der Waals surface area (Å²) in [6.07, 6.45) is 2.61. The van der Waals surface area contributed by atoms with Crippen LogP contribution in [0.1, 0.15) is 31.2 Å². The van der Waals surface area contributed by atoms with Gasteiger partial charge in [0.05, 0.1) is 6.61 Å². The number of carbonyl (C=O) groups is 1. The number of oxazole rings is 1. The number of aromatic nitrogens is 1. The molecular formula is C24H23NO4. The van der Waals surface area contributed by atoms with Gasteiger partial charge in [0.15, 0.2) is 5.58 Å². The third kappa shape index (κ3) is 4.57. The van der Waals surface area contributed by atoms with Crippen molar-refractivity contribution in [2.24, 2.45) is 0 Å². The Morgan fingerprint density at radius 1 is 1.00 bits per heavy atom. The van der Waals surface area contributed by atoms with Crippen molar-refractivity contribution in [3.63, 3.8) is 0 Å². The van der Waals surface area contributed by atoms with Gasteiger partial charge in [-0.1, -0.05) is 18.2 Å². The van der Waals surface area contributed by atoms with E-state index in [1.807, 2.05) is 55.5 Å². The fourth-order valence-electron chi connectivity index (χ4n) is 3.35. The fourth-order valence-corrected chi connectivity index (χ4v) is 3.35. The number of aliphatic carboxylic acids is 1. The second-order valence-electron chi connectivity index (χ2n) is 7.27. The molecule has 1 aromatic heterocycles. The molecule has 0 saturated heterocycles. The van der Waals surface area contributed by atoms with Crippen molar-refractivity contribution >= 4 is 27.8 Å². The second kappa shape index (κ2) is 8.35. The van der Waals surface area contributed by atoms with Gasteiger partial charge in [0.1, 0.15) is 11.3 Å². The average Bonchev–Trinajstić information content (AvgIpc) is 3.13. The molecule has 0 spiro atoms. The minimum atomic E-state index is -0.743. The second-order valence-corrected chi connectivity index (χ2v) is 7.27. The molecule has 29 heavy (non-hydrogen) atoms. The highest BCUT2D eigenvalue weighted by atomic mass is 16.5. The lowest BCUT2D eigenvalue weighted by atomic mass is 10.1. The van der Waals surface area contributed by atoms with Gasteiger partial charge in [-0.15, -0.1) is 0 Å². The predicted octanol–water partition coefficient (Wildman–Crippen LogP) is 5.98. The number of nitrogens with zero attached hydrogens (tertiary/aromatic N) is 1. The molecule has 5 nitrogen and oxygen atoms in total. The van der Waals surface area contributed by atoms with Gasteiger partial charge in [0.25, 0.3) is 0 Å². The molecule has 4 aromatic rings. The number of carboxylic acid groups (broad SMARTS) is 1. The smallest absolute Gasteiger partial charge is 0.303 e. The molecule has 0 fully saturated rings. The molecule has 0 unspecified atom stereocenters. The van der Waals surface area contributed by atoms with Crippen LogP contribution in [0.15, 0.2) is 59.0 Å². The van der Waals surface area contributed by atoms with Crippen LogP contribution in [-0.4, -0.2) is 22.7 Å². The number of hydrogen-bond donors (Lipinski definition) is 1. The molecule has 0 aliphatic rings. The first kappa shape index (κ1) is 19.0. The molecule has 1 N–H and O–H groups in total. The van der Waals surface area contributed by atoms with E-state index in [-0.39, 0.29) is 6.42 Å². The SMILES string of the molecule is Cc1ccc2oc(-c3ccc4cc(OCCCCCC(=O)O)ccc4c3)nc2c1. The van der Waals surface area contributed by atoms with Gasteiger partial charge < -0.3 is 14.3 Å². The van der Waals surface area contributed by atoms with Crippen molar-refractivity contribution in [3.05, 3.63) is 60.2 Å². The number of hydrogen-bond acceptors (Lipinski definition) is 4. The maximum Gasteiger partial charge on any atom is 0.303 e. The van der Waals surface area contributed by atoms with E-state index in [2.05, 4.69) is 11.1 Å². The number of unbranched alkanes of at least 4 members (excludes halogenated alkanes) is 2. The van der Waals surface area contributed by atoms with Crippen LogP contribution in [0.3, 0.4) is 0 Å². The number of aryl methyl sites for hydroxylation is 1. The lowest BCUT2D eigenvalue weighted by Crippen LogP contribution is -1.99. The van der Waals surface area contributed by atoms with Gasteiger partial charge in [-0.25, -0.2) is 4.98 Å². The Labute approximate surface area is 168 Å². The highest BCUT2D eigenvalue weighted by molar-refractivity contribution is 5.88. The lowest BCUT2D eigenvalue weighted by molar-refractivity contribution is -0.137. The van der Waals surface area contributed by atoms with Crippen LogP contribution in [0.2, 0.25) is 0 Å². The first-order valence-electron chi connectivity index (χ1n) is 9.84. The molecule has 0 amide bonds. The number of carboxylic acids is 1. The minimum Gasteiger partial charge on any atom is -0.494 e. The topological polar surface area (TPSA) is 72.6 Å². The predicted molar refractivity (Wildman–Crippen MR) is 113 cm³/mol. The summed E-state index contributed by atoms with van der Waals surface area (Å²) in [7, 11) is 0. The van der Waals surface area contributed by atoms with Crippen LogP contribution in [0.5, 0.6) is 5.75 Å². The largest absolute Gasteiger partial charge is 0.494 e. The van der Waals surface area contributed by atoms with E-state index in [1.165, 1.54) is 0 Å². The van der Waals surface area contributed by atoms with E-state index >= 15 is 0 Å². The zero-order chi connectivity index (χ0) is 20.2. The Morgan fingerprint density at radius 3 is 2.69 bits per heavy atom. The van der Waals surface area contributed by atoms with Crippen LogP contribution < -0.4 is 4.74 Å². The van der Waals surface area contributed by atoms with Gasteiger partial charge in [-0.05, 0) is 78.9 Å². The molecule has 0 radical (unpaired) electrons. The highest BCUT2D eigenvalue weighted by Gasteiger charge is 2.09. The number of ether oxygens (including phenoxy) is 1. The van der Waals surface area contributed by atoms with E-state index in [9.17, 15) is 4.79 Å². The molecule has 0 bridgehead atoms. The van der Waals surface area contributed by atoms with Gasteiger partial charge in [-0.2, -0.15) is 0 Å². The molecule has 0 aliphatic carbocycles. The first-order chi connectivity index (χ1) is 14.1. The van der Waals surface area contributed by atoms with E-state index in [1.54, 1.807) is 0 Å². The van der Waals surface area contributed by atoms with Gasteiger partial charge in [0.2, 0.25) is 5.89 Å².